The molecule has 4 rings (SSSR count). The summed E-state index contributed by atoms with van der Waals surface area (Å²) in [5, 5.41) is 17.7. The van der Waals surface area contributed by atoms with Gasteiger partial charge in [-0.25, -0.2) is 4.68 Å². The SMILES string of the molecule is Cc1ccccc1[C@H]1C[C@H](c2cccs2)Nc2nnnn21. The number of anilines is 1. The lowest BCUT2D eigenvalue weighted by Gasteiger charge is -2.31. The molecule has 3 aromatic rings. The third kappa shape index (κ3) is 2.12. The minimum Gasteiger partial charge on any atom is -0.345 e. The van der Waals surface area contributed by atoms with Crippen molar-refractivity contribution < 1.29 is 0 Å². The number of benzene rings is 1. The van der Waals surface area contributed by atoms with Crippen molar-refractivity contribution in [2.75, 3.05) is 5.32 Å². The maximum Gasteiger partial charge on any atom is 0.244 e. The van der Waals surface area contributed by atoms with E-state index in [1.165, 1.54) is 16.0 Å². The van der Waals surface area contributed by atoms with Crippen LogP contribution in [0, 0.1) is 6.92 Å². The predicted octanol–water partition coefficient (Wildman–Crippen LogP) is 3.19. The fourth-order valence-corrected chi connectivity index (χ4v) is 3.72. The summed E-state index contributed by atoms with van der Waals surface area (Å²) in [6.45, 7) is 2.14. The zero-order valence-corrected chi connectivity index (χ0v) is 12.4. The van der Waals surface area contributed by atoms with Gasteiger partial charge in [0.2, 0.25) is 5.95 Å². The highest BCUT2D eigenvalue weighted by atomic mass is 32.1. The molecular formula is C15H15N5S. The molecule has 1 N–H and O–H groups in total. The topological polar surface area (TPSA) is 55.6 Å². The zero-order chi connectivity index (χ0) is 14.2. The van der Waals surface area contributed by atoms with E-state index in [0.29, 0.717) is 0 Å². The summed E-state index contributed by atoms with van der Waals surface area (Å²) in [7, 11) is 0. The molecule has 1 aliphatic heterocycles. The average molecular weight is 297 g/mol. The number of nitrogens with one attached hydrogen (secondary N) is 1. The third-order valence-corrected chi connectivity index (χ3v) is 4.97. The van der Waals surface area contributed by atoms with Crippen molar-refractivity contribution in [2.45, 2.75) is 25.4 Å². The molecule has 2 atom stereocenters. The largest absolute Gasteiger partial charge is 0.345 e. The van der Waals surface area contributed by atoms with Crippen LogP contribution in [0.5, 0.6) is 0 Å². The van der Waals surface area contributed by atoms with Crippen LogP contribution in [-0.4, -0.2) is 20.2 Å². The van der Waals surface area contributed by atoms with Gasteiger partial charge in [-0.05, 0) is 46.3 Å². The lowest BCUT2D eigenvalue weighted by molar-refractivity contribution is 0.425. The number of fused-ring (bicyclic) bond motifs is 1. The second kappa shape index (κ2) is 4.96. The number of thiophene rings is 1. The van der Waals surface area contributed by atoms with Crippen LogP contribution >= 0.6 is 11.3 Å². The van der Waals surface area contributed by atoms with Gasteiger partial charge in [-0.15, -0.1) is 11.3 Å². The molecule has 1 aromatic carbocycles. The van der Waals surface area contributed by atoms with Gasteiger partial charge in [-0.1, -0.05) is 35.4 Å². The standard InChI is InChI=1S/C15H15N5S/c1-10-5-2-3-6-11(10)13-9-12(14-7-4-8-21-14)16-15-17-18-19-20(13)15/h2-8,12-13H,9H2,1H3,(H,16,17,19)/t12-,13-/m1/s1. The minimum absolute atomic E-state index is 0.171. The summed E-state index contributed by atoms with van der Waals surface area (Å²) < 4.78 is 1.90. The Morgan fingerprint density at radius 2 is 2.14 bits per heavy atom. The lowest BCUT2D eigenvalue weighted by Crippen LogP contribution is -2.28. The van der Waals surface area contributed by atoms with Gasteiger partial charge in [-0.2, -0.15) is 0 Å². The van der Waals surface area contributed by atoms with Crippen LogP contribution in [0.1, 0.15) is 34.5 Å². The molecular weight excluding hydrogens is 282 g/mol. The monoisotopic (exact) mass is 297 g/mol. The van der Waals surface area contributed by atoms with E-state index in [2.05, 4.69) is 69.5 Å². The Balaban J connectivity index is 1.78. The highest BCUT2D eigenvalue weighted by molar-refractivity contribution is 7.10. The number of hydrogen-bond donors (Lipinski definition) is 1. The molecule has 6 heteroatoms. The Morgan fingerprint density at radius 1 is 1.24 bits per heavy atom. The Labute approximate surface area is 126 Å². The molecule has 3 heterocycles. The molecule has 1 aliphatic rings. The van der Waals surface area contributed by atoms with E-state index in [0.717, 1.165) is 12.4 Å². The summed E-state index contributed by atoms with van der Waals surface area (Å²) in [5.41, 5.74) is 2.56. The van der Waals surface area contributed by atoms with Gasteiger partial charge in [0.1, 0.15) is 0 Å². The van der Waals surface area contributed by atoms with Crippen LogP contribution in [0.15, 0.2) is 41.8 Å². The van der Waals surface area contributed by atoms with E-state index in [4.69, 9.17) is 0 Å². The molecule has 21 heavy (non-hydrogen) atoms. The normalized spacial score (nSPS) is 20.8. The smallest absolute Gasteiger partial charge is 0.244 e. The van der Waals surface area contributed by atoms with Crippen molar-refractivity contribution in [1.82, 2.24) is 20.2 Å². The van der Waals surface area contributed by atoms with E-state index < -0.39 is 0 Å². The second-order valence-corrected chi connectivity index (χ2v) is 6.25. The molecule has 0 saturated heterocycles. The lowest BCUT2D eigenvalue weighted by atomic mass is 9.94. The number of tetrazole rings is 1. The van der Waals surface area contributed by atoms with Crippen molar-refractivity contribution in [3.63, 3.8) is 0 Å². The van der Waals surface area contributed by atoms with E-state index in [1.54, 1.807) is 11.3 Å². The van der Waals surface area contributed by atoms with Crippen molar-refractivity contribution >= 4 is 17.3 Å². The zero-order valence-electron chi connectivity index (χ0n) is 11.6. The van der Waals surface area contributed by atoms with Crippen molar-refractivity contribution in [3.05, 3.63) is 57.8 Å². The number of hydrogen-bond acceptors (Lipinski definition) is 5. The van der Waals surface area contributed by atoms with Gasteiger partial charge in [0, 0.05) is 4.88 Å². The highest BCUT2D eigenvalue weighted by Crippen LogP contribution is 2.39. The maximum absolute atomic E-state index is 4.17. The first kappa shape index (κ1) is 12.5. The summed E-state index contributed by atoms with van der Waals surface area (Å²) >= 11 is 1.77. The number of nitrogens with zero attached hydrogens (tertiary/aromatic N) is 4. The summed E-state index contributed by atoms with van der Waals surface area (Å²) in [4.78, 5) is 1.32. The fraction of sp³-hybridized carbons (Fsp3) is 0.267. The van der Waals surface area contributed by atoms with Crippen LogP contribution in [0.3, 0.4) is 0 Å². The van der Waals surface area contributed by atoms with E-state index in [9.17, 15) is 0 Å². The highest BCUT2D eigenvalue weighted by Gasteiger charge is 2.31. The van der Waals surface area contributed by atoms with Crippen molar-refractivity contribution in [2.24, 2.45) is 0 Å². The molecule has 2 aromatic heterocycles. The Morgan fingerprint density at radius 3 is 2.95 bits per heavy atom. The third-order valence-electron chi connectivity index (χ3n) is 3.98. The molecule has 0 aliphatic carbocycles. The molecule has 0 spiro atoms. The number of rotatable bonds is 2. The quantitative estimate of drug-likeness (QED) is 0.789. The fourth-order valence-electron chi connectivity index (χ4n) is 2.93. The molecule has 5 nitrogen and oxygen atoms in total. The summed E-state index contributed by atoms with van der Waals surface area (Å²) in [6.07, 6.45) is 0.948. The maximum atomic E-state index is 4.17. The number of aryl methyl sites for hydroxylation is 1. The Hall–Kier alpha value is -2.21. The summed E-state index contributed by atoms with van der Waals surface area (Å²) in [6, 6.07) is 13.1. The molecule has 0 unspecified atom stereocenters. The van der Waals surface area contributed by atoms with E-state index in [-0.39, 0.29) is 12.1 Å². The molecule has 0 amide bonds. The first-order chi connectivity index (χ1) is 10.3. The molecule has 0 fully saturated rings. The van der Waals surface area contributed by atoms with Gasteiger partial charge in [0.05, 0.1) is 12.1 Å². The Bertz CT molecular complexity index is 749. The van der Waals surface area contributed by atoms with E-state index >= 15 is 0 Å². The van der Waals surface area contributed by atoms with Crippen LogP contribution < -0.4 is 5.32 Å². The van der Waals surface area contributed by atoms with Gasteiger partial charge in [-0.3, -0.25) is 0 Å². The molecule has 0 saturated carbocycles. The Kier molecular flexibility index (Phi) is 2.96. The first-order valence-electron chi connectivity index (χ1n) is 6.96. The van der Waals surface area contributed by atoms with Crippen LogP contribution in [0.2, 0.25) is 0 Å². The van der Waals surface area contributed by atoms with Crippen LogP contribution in [-0.2, 0) is 0 Å². The molecule has 0 radical (unpaired) electrons. The number of aromatic nitrogens is 4. The van der Waals surface area contributed by atoms with Gasteiger partial charge in [0.15, 0.2) is 0 Å². The average Bonchev–Trinajstić information content (AvgIpc) is 3.18. The van der Waals surface area contributed by atoms with Crippen molar-refractivity contribution in [1.29, 1.82) is 0 Å². The second-order valence-electron chi connectivity index (χ2n) is 5.27. The minimum atomic E-state index is 0.171. The molecule has 106 valence electrons. The molecule has 0 bridgehead atoms. The van der Waals surface area contributed by atoms with Gasteiger partial charge in [0.25, 0.3) is 0 Å². The van der Waals surface area contributed by atoms with Gasteiger partial charge >= 0.3 is 0 Å². The summed E-state index contributed by atoms with van der Waals surface area (Å²) in [5.74, 6) is 0.743. The van der Waals surface area contributed by atoms with E-state index in [1.807, 2.05) is 4.68 Å². The van der Waals surface area contributed by atoms with Crippen LogP contribution in [0.25, 0.3) is 0 Å². The van der Waals surface area contributed by atoms with Crippen LogP contribution in [0.4, 0.5) is 5.95 Å². The predicted molar refractivity (Wildman–Crippen MR) is 82.4 cm³/mol. The van der Waals surface area contributed by atoms with Crippen molar-refractivity contribution in [3.8, 4) is 0 Å². The first-order valence-corrected chi connectivity index (χ1v) is 7.84. The van der Waals surface area contributed by atoms with Gasteiger partial charge < -0.3 is 5.32 Å².